The Morgan fingerprint density at radius 1 is 1.23 bits per heavy atom. The highest BCUT2D eigenvalue weighted by molar-refractivity contribution is 5.81. The van der Waals surface area contributed by atoms with Gasteiger partial charge >= 0.3 is 12.5 Å². The van der Waals surface area contributed by atoms with E-state index in [0.29, 0.717) is 45.4 Å². The van der Waals surface area contributed by atoms with E-state index in [0.717, 1.165) is 5.56 Å². The topological polar surface area (TPSA) is 77.1 Å². The predicted molar refractivity (Wildman–Crippen MR) is 98.2 cm³/mol. The maximum Gasteiger partial charge on any atom is 0.573 e. The van der Waals surface area contributed by atoms with Gasteiger partial charge in [-0.15, -0.1) is 13.2 Å². The molecule has 2 heterocycles. The van der Waals surface area contributed by atoms with Crippen LogP contribution in [0.1, 0.15) is 37.2 Å². The third kappa shape index (κ3) is 4.13. The minimum atomic E-state index is -4.80. The summed E-state index contributed by atoms with van der Waals surface area (Å²) in [6.45, 7) is 1.38. The van der Waals surface area contributed by atoms with Gasteiger partial charge in [0, 0.05) is 19.0 Å². The van der Waals surface area contributed by atoms with E-state index in [2.05, 4.69) is 10.1 Å². The molecule has 0 aromatic heterocycles. The summed E-state index contributed by atoms with van der Waals surface area (Å²) in [7, 11) is 1.29. The number of carbonyl (C=O) groups is 2. The molecule has 0 unspecified atom stereocenters. The van der Waals surface area contributed by atoms with Crippen molar-refractivity contribution in [2.45, 2.75) is 43.5 Å². The maximum atomic E-state index is 12.8. The first kappa shape index (κ1) is 20.6. The summed E-state index contributed by atoms with van der Waals surface area (Å²) < 4.78 is 52.0. The summed E-state index contributed by atoms with van der Waals surface area (Å²) >= 11 is 0. The Bertz CT molecular complexity index is 830. The molecule has 0 radical (unpaired) electrons. The van der Waals surface area contributed by atoms with Crippen LogP contribution in [0.25, 0.3) is 0 Å². The number of nitrogens with zero attached hydrogens (tertiary/aromatic N) is 1. The molecule has 1 saturated carbocycles. The van der Waals surface area contributed by atoms with E-state index in [1.54, 1.807) is 6.07 Å². The molecule has 3 aliphatic rings. The molecule has 2 amide bonds. The lowest BCUT2D eigenvalue weighted by atomic mass is 9.68. The number of piperidine rings is 1. The molecule has 10 heteroatoms. The molecule has 7 nitrogen and oxygen atoms in total. The number of alkyl carbamates (subject to hydrolysis) is 1. The summed E-state index contributed by atoms with van der Waals surface area (Å²) in [5, 5.41) is 2.78. The molecule has 1 spiro atoms. The smallest absolute Gasteiger partial charge is 0.493 e. The first-order valence-corrected chi connectivity index (χ1v) is 9.85. The number of alkyl halides is 3. The highest BCUT2D eigenvalue weighted by Gasteiger charge is 2.53. The third-order valence-electron chi connectivity index (χ3n) is 6.16. The minimum Gasteiger partial charge on any atom is -0.493 e. The van der Waals surface area contributed by atoms with Crippen molar-refractivity contribution in [3.8, 4) is 11.5 Å². The summed E-state index contributed by atoms with van der Waals surface area (Å²) in [6.07, 6.45) is -2.77. The van der Waals surface area contributed by atoms with E-state index in [9.17, 15) is 22.8 Å². The second-order valence-corrected chi connectivity index (χ2v) is 8.14. The van der Waals surface area contributed by atoms with Gasteiger partial charge in [0.15, 0.2) is 11.5 Å². The summed E-state index contributed by atoms with van der Waals surface area (Å²) in [4.78, 5) is 25.8. The number of carbonyl (C=O) groups excluding carboxylic acids is 2. The Morgan fingerprint density at radius 2 is 1.93 bits per heavy atom. The van der Waals surface area contributed by atoms with Crippen molar-refractivity contribution in [1.82, 2.24) is 10.2 Å². The van der Waals surface area contributed by atoms with Crippen LogP contribution >= 0.6 is 0 Å². The number of benzene rings is 1. The second kappa shape index (κ2) is 7.55. The number of likely N-dealkylation sites (tertiary alicyclic amines) is 1. The summed E-state index contributed by atoms with van der Waals surface area (Å²) in [5.41, 5.74) is 0.337. The molecule has 1 aromatic rings. The van der Waals surface area contributed by atoms with Crippen molar-refractivity contribution >= 4 is 12.0 Å². The van der Waals surface area contributed by atoms with Crippen molar-refractivity contribution in [3.05, 3.63) is 23.8 Å². The molecule has 3 fully saturated rings. The lowest BCUT2D eigenvalue weighted by Gasteiger charge is -2.45. The molecule has 4 rings (SSSR count). The molecule has 164 valence electrons. The van der Waals surface area contributed by atoms with Gasteiger partial charge in [0.25, 0.3) is 0 Å². The van der Waals surface area contributed by atoms with Crippen LogP contribution < -0.4 is 14.8 Å². The quantitative estimate of drug-likeness (QED) is 0.797. The Balaban J connectivity index is 1.34. The van der Waals surface area contributed by atoms with Crippen molar-refractivity contribution in [3.63, 3.8) is 0 Å². The fourth-order valence-corrected chi connectivity index (χ4v) is 4.61. The molecular formula is C20H23F3N2O5. The number of hydrogen-bond donors (Lipinski definition) is 1. The molecule has 2 aliphatic heterocycles. The molecule has 0 bridgehead atoms. The van der Waals surface area contributed by atoms with Gasteiger partial charge in [-0.05, 0) is 49.3 Å². The van der Waals surface area contributed by atoms with Gasteiger partial charge in [0.1, 0.15) is 6.61 Å². The summed E-state index contributed by atoms with van der Waals surface area (Å²) in [6, 6.07) is 4.58. The van der Waals surface area contributed by atoms with Crippen LogP contribution in [0.15, 0.2) is 18.2 Å². The van der Waals surface area contributed by atoms with Gasteiger partial charge in [0.05, 0.1) is 12.6 Å². The van der Waals surface area contributed by atoms with E-state index in [1.807, 2.05) is 4.90 Å². The number of amides is 2. The van der Waals surface area contributed by atoms with E-state index in [4.69, 9.17) is 9.47 Å². The molecule has 0 atom stereocenters. The first-order valence-electron chi connectivity index (χ1n) is 9.85. The highest BCUT2D eigenvalue weighted by atomic mass is 19.4. The van der Waals surface area contributed by atoms with E-state index in [-0.39, 0.29) is 29.2 Å². The van der Waals surface area contributed by atoms with Crippen LogP contribution in [-0.2, 0) is 9.53 Å². The van der Waals surface area contributed by atoms with Gasteiger partial charge < -0.3 is 24.4 Å². The fourth-order valence-electron chi connectivity index (χ4n) is 4.61. The van der Waals surface area contributed by atoms with Gasteiger partial charge in [-0.25, -0.2) is 4.79 Å². The molecule has 30 heavy (non-hydrogen) atoms. The minimum absolute atomic E-state index is 0.0191. The predicted octanol–water partition coefficient (Wildman–Crippen LogP) is 3.19. The lowest BCUT2D eigenvalue weighted by Crippen LogP contribution is -2.58. The van der Waals surface area contributed by atoms with Crippen LogP contribution in [0.4, 0.5) is 18.0 Å². The number of cyclic esters (lactones) is 1. The van der Waals surface area contributed by atoms with E-state index < -0.39 is 18.0 Å². The number of hydrogen-bond acceptors (Lipinski definition) is 5. The lowest BCUT2D eigenvalue weighted by molar-refractivity contribution is -0.275. The standard InChI is InChI=1S/C20H23F3N2O5/c1-28-15-3-2-13(8-16(15)30-20(21,22)23)12-4-6-25(7-5-12)17(26)14-9-19(10-14)11-29-18(27)24-19/h2-3,8,12,14H,4-7,9-11H2,1H3,(H,24,27). The Labute approximate surface area is 171 Å². The van der Waals surface area contributed by atoms with Crippen molar-refractivity contribution in [1.29, 1.82) is 0 Å². The van der Waals surface area contributed by atoms with Crippen molar-refractivity contribution < 1.29 is 37.0 Å². The molecule has 1 aromatic carbocycles. The fraction of sp³-hybridized carbons (Fsp3) is 0.600. The zero-order chi connectivity index (χ0) is 21.5. The van der Waals surface area contributed by atoms with E-state index in [1.165, 1.54) is 19.2 Å². The van der Waals surface area contributed by atoms with Crippen LogP contribution in [0.5, 0.6) is 11.5 Å². The number of methoxy groups -OCH3 is 1. The highest BCUT2D eigenvalue weighted by Crippen LogP contribution is 2.42. The van der Waals surface area contributed by atoms with Crippen molar-refractivity contribution in [2.24, 2.45) is 5.92 Å². The largest absolute Gasteiger partial charge is 0.573 e. The SMILES string of the molecule is COc1ccc(C2CCN(C(=O)C3CC4(COC(=O)N4)C3)CC2)cc1OC(F)(F)F. The normalized spacial score (nSPS) is 26.7. The first-order chi connectivity index (χ1) is 14.2. The Hall–Kier alpha value is -2.65. The van der Waals surface area contributed by atoms with Gasteiger partial charge in [-0.1, -0.05) is 6.07 Å². The average Bonchev–Trinajstić information content (AvgIpc) is 3.07. The molecule has 2 saturated heterocycles. The Morgan fingerprint density at radius 3 is 2.50 bits per heavy atom. The number of nitrogens with one attached hydrogen (secondary N) is 1. The maximum absolute atomic E-state index is 12.8. The zero-order valence-corrected chi connectivity index (χ0v) is 16.5. The second-order valence-electron chi connectivity index (χ2n) is 8.14. The Kier molecular flexibility index (Phi) is 5.19. The molecule has 1 aliphatic carbocycles. The van der Waals surface area contributed by atoms with Crippen LogP contribution in [0.3, 0.4) is 0 Å². The zero-order valence-electron chi connectivity index (χ0n) is 16.5. The number of ether oxygens (including phenoxy) is 3. The van der Waals surface area contributed by atoms with Crippen LogP contribution in [0.2, 0.25) is 0 Å². The molecular weight excluding hydrogens is 405 g/mol. The number of rotatable bonds is 4. The van der Waals surface area contributed by atoms with E-state index >= 15 is 0 Å². The molecule has 1 N–H and O–H groups in total. The van der Waals surface area contributed by atoms with Gasteiger partial charge in [-0.2, -0.15) is 0 Å². The van der Waals surface area contributed by atoms with Crippen LogP contribution in [-0.4, -0.2) is 55.6 Å². The third-order valence-corrected chi connectivity index (χ3v) is 6.16. The van der Waals surface area contributed by atoms with Crippen molar-refractivity contribution in [2.75, 3.05) is 26.8 Å². The summed E-state index contributed by atoms with van der Waals surface area (Å²) in [5.74, 6) is -0.370. The monoisotopic (exact) mass is 428 g/mol. The van der Waals surface area contributed by atoms with Gasteiger partial charge in [0.2, 0.25) is 5.91 Å². The van der Waals surface area contributed by atoms with Gasteiger partial charge in [-0.3, -0.25) is 4.79 Å². The van der Waals surface area contributed by atoms with Crippen LogP contribution in [0, 0.1) is 5.92 Å². The average molecular weight is 428 g/mol. The number of halogens is 3.